The molecule has 9 nitrogen and oxygen atoms in total. The molecule has 0 fully saturated rings. The minimum atomic E-state index is -3.76. The van der Waals surface area contributed by atoms with Gasteiger partial charge in [0, 0.05) is 25.6 Å². The van der Waals surface area contributed by atoms with E-state index in [1.54, 1.807) is 6.07 Å². The van der Waals surface area contributed by atoms with Crippen LogP contribution in [-0.2, 0) is 25.3 Å². The van der Waals surface area contributed by atoms with Gasteiger partial charge in [0.2, 0.25) is 15.7 Å². The van der Waals surface area contributed by atoms with E-state index in [1.807, 2.05) is 0 Å². The molecule has 0 spiro atoms. The molecule has 2 heterocycles. The number of hydrogen-bond donors (Lipinski definition) is 2. The highest BCUT2D eigenvalue weighted by atomic mass is 32.2. The van der Waals surface area contributed by atoms with Crippen molar-refractivity contribution in [1.29, 1.82) is 0 Å². The van der Waals surface area contributed by atoms with Gasteiger partial charge in [-0.05, 0) is 48.7 Å². The summed E-state index contributed by atoms with van der Waals surface area (Å²) in [5, 5.41) is 2.92. The smallest absolute Gasteiger partial charge is 0.305 e. The lowest BCUT2D eigenvalue weighted by molar-refractivity contribution is -0.140. The van der Waals surface area contributed by atoms with Crippen LogP contribution in [0.4, 0.5) is 4.39 Å². The quantitative estimate of drug-likeness (QED) is 0.303. The number of nitrogens with zero attached hydrogens (tertiary/aromatic N) is 1. The van der Waals surface area contributed by atoms with Crippen molar-refractivity contribution >= 4 is 39.1 Å². The van der Waals surface area contributed by atoms with Crippen LogP contribution in [0.1, 0.15) is 40.9 Å². The minimum Gasteiger partial charge on any atom is -0.469 e. The summed E-state index contributed by atoms with van der Waals surface area (Å²) in [6.45, 7) is 3.89. The van der Waals surface area contributed by atoms with Gasteiger partial charge >= 0.3 is 5.97 Å². The zero-order valence-corrected chi connectivity index (χ0v) is 20.2. The summed E-state index contributed by atoms with van der Waals surface area (Å²) in [7, 11) is -0.998. The topological polar surface area (TPSA) is 128 Å². The maximum absolute atomic E-state index is 13.4. The van der Waals surface area contributed by atoms with Gasteiger partial charge in [-0.25, -0.2) is 22.5 Å². The average molecular weight is 504 g/mol. The van der Waals surface area contributed by atoms with Crippen molar-refractivity contribution in [2.24, 2.45) is 0 Å². The van der Waals surface area contributed by atoms with Gasteiger partial charge in [-0.2, -0.15) is 0 Å². The van der Waals surface area contributed by atoms with Gasteiger partial charge in [0.1, 0.15) is 17.3 Å². The summed E-state index contributed by atoms with van der Waals surface area (Å²) >= 11 is 0. The number of carbonyl (C=O) groups excluding carboxylic acids is 2. The van der Waals surface area contributed by atoms with Crippen LogP contribution in [0.2, 0.25) is 0 Å². The summed E-state index contributed by atoms with van der Waals surface area (Å²) in [5.41, 5.74) is 1.34. The van der Waals surface area contributed by atoms with Crippen molar-refractivity contribution in [3.05, 3.63) is 59.5 Å². The van der Waals surface area contributed by atoms with E-state index >= 15 is 0 Å². The zero-order chi connectivity index (χ0) is 25.6. The van der Waals surface area contributed by atoms with Gasteiger partial charge in [-0.3, -0.25) is 9.59 Å². The number of rotatable bonds is 11. The Kier molecular flexibility index (Phi) is 8.36. The first-order chi connectivity index (χ1) is 16.7. The number of fused-ring (bicyclic) bond motifs is 1. The number of carbonyl (C=O) groups is 2. The highest BCUT2D eigenvalue weighted by molar-refractivity contribution is 7.88. The Morgan fingerprint density at radius 2 is 1.94 bits per heavy atom. The first-order valence-electron chi connectivity index (χ1n) is 10.8. The SMILES string of the molecule is C=Cc1cc2c(C(=O)NC)c(-c3ccc(F)cc3)oc2nc1CS(=O)(=O)NCCCCC(=O)OC. The van der Waals surface area contributed by atoms with E-state index in [2.05, 4.69) is 26.3 Å². The van der Waals surface area contributed by atoms with Crippen LogP contribution < -0.4 is 10.0 Å². The van der Waals surface area contributed by atoms with Crippen molar-refractivity contribution in [1.82, 2.24) is 15.0 Å². The van der Waals surface area contributed by atoms with Gasteiger partial charge in [0.05, 0.1) is 23.8 Å². The summed E-state index contributed by atoms with van der Waals surface area (Å²) < 4.78 is 51.6. The molecule has 0 unspecified atom stereocenters. The lowest BCUT2D eigenvalue weighted by atomic mass is 10.0. The predicted octanol–water partition coefficient (Wildman–Crippen LogP) is 3.40. The molecule has 0 bridgehead atoms. The highest BCUT2D eigenvalue weighted by Crippen LogP contribution is 2.34. The molecule has 3 aromatic rings. The number of ether oxygens (including phenoxy) is 1. The molecule has 0 atom stereocenters. The third kappa shape index (κ3) is 6.31. The molecule has 3 rings (SSSR count). The van der Waals surface area contributed by atoms with Gasteiger partial charge in [-0.15, -0.1) is 0 Å². The van der Waals surface area contributed by atoms with Crippen LogP contribution in [-0.4, -0.2) is 46.0 Å². The number of unbranched alkanes of at least 4 members (excludes halogenated alkanes) is 1. The summed E-state index contributed by atoms with van der Waals surface area (Å²) in [4.78, 5) is 28.2. The number of hydrogen-bond acceptors (Lipinski definition) is 7. The fourth-order valence-electron chi connectivity index (χ4n) is 3.48. The molecular weight excluding hydrogens is 477 g/mol. The van der Waals surface area contributed by atoms with Gasteiger partial charge in [-0.1, -0.05) is 12.7 Å². The van der Waals surface area contributed by atoms with E-state index in [1.165, 1.54) is 44.5 Å². The maximum Gasteiger partial charge on any atom is 0.305 e. The van der Waals surface area contributed by atoms with Gasteiger partial charge < -0.3 is 14.5 Å². The predicted molar refractivity (Wildman–Crippen MR) is 129 cm³/mol. The normalized spacial score (nSPS) is 11.4. The number of halogens is 1. The van der Waals surface area contributed by atoms with Gasteiger partial charge in [0.15, 0.2) is 0 Å². The maximum atomic E-state index is 13.4. The molecule has 11 heteroatoms. The largest absolute Gasteiger partial charge is 0.469 e. The van der Waals surface area contributed by atoms with Gasteiger partial charge in [0.25, 0.3) is 5.91 Å². The Labute approximate surface area is 202 Å². The number of furan rings is 1. The van der Waals surface area contributed by atoms with E-state index in [4.69, 9.17) is 4.42 Å². The zero-order valence-electron chi connectivity index (χ0n) is 19.4. The van der Waals surface area contributed by atoms with Crippen molar-refractivity contribution in [3.8, 4) is 11.3 Å². The molecule has 35 heavy (non-hydrogen) atoms. The molecule has 0 aliphatic rings. The molecule has 1 aromatic carbocycles. The third-order valence-electron chi connectivity index (χ3n) is 5.26. The minimum absolute atomic E-state index is 0.0665. The fraction of sp³-hybridized carbons (Fsp3) is 0.292. The lowest BCUT2D eigenvalue weighted by Gasteiger charge is -2.09. The number of sulfonamides is 1. The first kappa shape index (κ1) is 26.0. The standard InChI is InChI=1S/C24H26FN3O6S/c1-4-15-13-18-21(23(30)26-2)22(16-8-10-17(25)11-9-16)34-24(18)28-19(15)14-35(31,32)27-12-6-5-7-20(29)33-3/h4,8-11,13,27H,1,5-7,12,14H2,2-3H3,(H,26,30). The summed E-state index contributed by atoms with van der Waals surface area (Å²) in [6, 6.07) is 7.03. The Balaban J connectivity index is 1.91. The number of esters is 1. The van der Waals surface area contributed by atoms with Crippen molar-refractivity contribution in [2.45, 2.75) is 25.0 Å². The van der Waals surface area contributed by atoms with Crippen LogP contribution in [0.5, 0.6) is 0 Å². The Hall–Kier alpha value is -3.57. The van der Waals surface area contributed by atoms with Crippen molar-refractivity contribution in [3.63, 3.8) is 0 Å². The molecule has 0 aliphatic heterocycles. The second-order valence-electron chi connectivity index (χ2n) is 7.66. The fourth-order valence-corrected chi connectivity index (χ4v) is 4.63. The lowest BCUT2D eigenvalue weighted by Crippen LogP contribution is -2.27. The van der Waals surface area contributed by atoms with Crippen LogP contribution in [0.15, 0.2) is 41.3 Å². The Morgan fingerprint density at radius 3 is 2.57 bits per heavy atom. The number of nitrogens with one attached hydrogen (secondary N) is 2. The third-order valence-corrected chi connectivity index (χ3v) is 6.56. The molecule has 1 amide bonds. The van der Waals surface area contributed by atoms with Crippen molar-refractivity contribution in [2.75, 3.05) is 20.7 Å². The molecule has 2 N–H and O–H groups in total. The number of amides is 1. The molecule has 0 saturated heterocycles. The first-order valence-corrected chi connectivity index (χ1v) is 12.4. The molecular formula is C24H26FN3O6S. The summed E-state index contributed by atoms with van der Waals surface area (Å²) in [6.07, 6.45) is 2.60. The number of aromatic nitrogens is 1. The van der Waals surface area contributed by atoms with Crippen LogP contribution >= 0.6 is 0 Å². The van der Waals surface area contributed by atoms with E-state index in [9.17, 15) is 22.4 Å². The average Bonchev–Trinajstić information content (AvgIpc) is 3.20. The van der Waals surface area contributed by atoms with Crippen LogP contribution in [0, 0.1) is 5.82 Å². The molecule has 0 saturated carbocycles. The summed E-state index contributed by atoms with van der Waals surface area (Å²) in [5.74, 6) is -1.48. The molecule has 2 aromatic heterocycles. The van der Waals surface area contributed by atoms with Crippen LogP contribution in [0.25, 0.3) is 28.5 Å². The highest BCUT2D eigenvalue weighted by Gasteiger charge is 2.25. The van der Waals surface area contributed by atoms with E-state index in [0.29, 0.717) is 29.4 Å². The Morgan fingerprint density at radius 1 is 1.23 bits per heavy atom. The van der Waals surface area contributed by atoms with E-state index in [-0.39, 0.29) is 41.7 Å². The number of pyridine rings is 1. The van der Waals surface area contributed by atoms with Crippen molar-refractivity contribution < 1.29 is 31.6 Å². The van der Waals surface area contributed by atoms with E-state index in [0.717, 1.165) is 0 Å². The monoisotopic (exact) mass is 503 g/mol. The molecule has 0 aliphatic carbocycles. The van der Waals surface area contributed by atoms with E-state index < -0.39 is 27.5 Å². The number of benzene rings is 1. The Bertz CT molecular complexity index is 1350. The number of methoxy groups -OCH3 is 1. The second-order valence-corrected chi connectivity index (χ2v) is 9.47. The van der Waals surface area contributed by atoms with Crippen LogP contribution in [0.3, 0.4) is 0 Å². The molecule has 186 valence electrons. The molecule has 0 radical (unpaired) electrons. The second kappa shape index (κ2) is 11.2.